The first-order valence-corrected chi connectivity index (χ1v) is 8.77. The van der Waals surface area contributed by atoms with Gasteiger partial charge in [0, 0.05) is 26.2 Å². The fourth-order valence-electron chi connectivity index (χ4n) is 3.30. The standard InChI is InChI=1S/C20H22N4O2/c1-22-11-13-23(14-12-22)20-21-18-6-4-3-5-17(18)19(25)24(20)15-7-9-16(26-2)10-8-15/h3-10H,11-14H2,1-2H3. The molecule has 0 spiro atoms. The van der Waals surface area contributed by atoms with Gasteiger partial charge in [0.2, 0.25) is 5.95 Å². The summed E-state index contributed by atoms with van der Waals surface area (Å²) >= 11 is 0. The Hall–Kier alpha value is -2.86. The van der Waals surface area contributed by atoms with Crippen LogP contribution in [-0.2, 0) is 0 Å². The number of likely N-dealkylation sites (N-methyl/N-ethyl adjacent to an activating group) is 1. The molecule has 1 fully saturated rings. The first-order valence-electron chi connectivity index (χ1n) is 8.77. The predicted molar refractivity (Wildman–Crippen MR) is 104 cm³/mol. The Morgan fingerprint density at radius 1 is 0.962 bits per heavy atom. The Labute approximate surface area is 152 Å². The lowest BCUT2D eigenvalue weighted by Gasteiger charge is -2.34. The fraction of sp³-hybridized carbons (Fsp3) is 0.300. The number of rotatable bonds is 3. The summed E-state index contributed by atoms with van der Waals surface area (Å²) in [5.41, 5.74) is 1.48. The van der Waals surface area contributed by atoms with Crippen molar-refractivity contribution in [2.75, 3.05) is 45.2 Å². The maximum absolute atomic E-state index is 13.3. The van der Waals surface area contributed by atoms with Crippen LogP contribution < -0.4 is 15.2 Å². The molecule has 2 heterocycles. The summed E-state index contributed by atoms with van der Waals surface area (Å²) in [6.07, 6.45) is 0. The Bertz CT molecular complexity index is 973. The van der Waals surface area contributed by atoms with E-state index in [2.05, 4.69) is 16.8 Å². The lowest BCUT2D eigenvalue weighted by molar-refractivity contribution is 0.310. The van der Waals surface area contributed by atoms with Crippen molar-refractivity contribution in [2.24, 2.45) is 0 Å². The van der Waals surface area contributed by atoms with Crippen LogP contribution in [0.5, 0.6) is 5.75 Å². The monoisotopic (exact) mass is 350 g/mol. The van der Waals surface area contributed by atoms with Crippen LogP contribution in [0.1, 0.15) is 0 Å². The van der Waals surface area contributed by atoms with Crippen LogP contribution in [0.4, 0.5) is 5.95 Å². The molecule has 1 aliphatic rings. The van der Waals surface area contributed by atoms with Gasteiger partial charge >= 0.3 is 0 Å². The molecule has 0 saturated carbocycles. The number of hydrogen-bond acceptors (Lipinski definition) is 5. The van der Waals surface area contributed by atoms with E-state index < -0.39 is 0 Å². The number of para-hydroxylation sites is 1. The summed E-state index contributed by atoms with van der Waals surface area (Å²) in [7, 11) is 3.75. The van der Waals surface area contributed by atoms with E-state index in [0.717, 1.165) is 43.1 Å². The van der Waals surface area contributed by atoms with Crippen molar-refractivity contribution in [1.29, 1.82) is 0 Å². The highest BCUT2D eigenvalue weighted by Gasteiger charge is 2.21. The first-order chi connectivity index (χ1) is 12.7. The molecule has 1 aliphatic heterocycles. The highest BCUT2D eigenvalue weighted by atomic mass is 16.5. The molecule has 6 nitrogen and oxygen atoms in total. The van der Waals surface area contributed by atoms with Gasteiger partial charge < -0.3 is 14.5 Å². The van der Waals surface area contributed by atoms with Gasteiger partial charge in [-0.05, 0) is 43.4 Å². The number of fused-ring (bicyclic) bond motifs is 1. The minimum atomic E-state index is -0.0466. The quantitative estimate of drug-likeness (QED) is 0.724. The van der Waals surface area contributed by atoms with Gasteiger partial charge in [-0.3, -0.25) is 4.79 Å². The van der Waals surface area contributed by atoms with Crippen LogP contribution in [0.15, 0.2) is 53.3 Å². The van der Waals surface area contributed by atoms with Crippen molar-refractivity contribution >= 4 is 16.9 Å². The number of ether oxygens (including phenoxy) is 1. The molecule has 0 atom stereocenters. The highest BCUT2D eigenvalue weighted by Crippen LogP contribution is 2.22. The molecule has 134 valence electrons. The number of piperazine rings is 1. The van der Waals surface area contributed by atoms with Gasteiger partial charge in [-0.15, -0.1) is 0 Å². The summed E-state index contributed by atoms with van der Waals surface area (Å²) in [6.45, 7) is 3.59. The summed E-state index contributed by atoms with van der Waals surface area (Å²) in [5.74, 6) is 1.46. The summed E-state index contributed by atoms with van der Waals surface area (Å²) in [5, 5.41) is 0.626. The van der Waals surface area contributed by atoms with Gasteiger partial charge in [0.25, 0.3) is 5.56 Å². The first kappa shape index (κ1) is 16.6. The second kappa shape index (κ2) is 6.80. The maximum Gasteiger partial charge on any atom is 0.267 e. The van der Waals surface area contributed by atoms with E-state index in [1.807, 2.05) is 48.5 Å². The van der Waals surface area contributed by atoms with Crippen molar-refractivity contribution in [3.63, 3.8) is 0 Å². The number of benzene rings is 2. The summed E-state index contributed by atoms with van der Waals surface area (Å²) in [4.78, 5) is 22.6. The largest absolute Gasteiger partial charge is 0.497 e. The second-order valence-electron chi connectivity index (χ2n) is 6.56. The van der Waals surface area contributed by atoms with Gasteiger partial charge in [0.05, 0.1) is 23.7 Å². The normalized spacial score (nSPS) is 15.4. The zero-order chi connectivity index (χ0) is 18.1. The Kier molecular flexibility index (Phi) is 4.34. The number of hydrogen-bond donors (Lipinski definition) is 0. The van der Waals surface area contributed by atoms with E-state index in [-0.39, 0.29) is 5.56 Å². The molecule has 6 heteroatoms. The second-order valence-corrected chi connectivity index (χ2v) is 6.56. The molecule has 0 radical (unpaired) electrons. The summed E-state index contributed by atoms with van der Waals surface area (Å²) in [6, 6.07) is 15.1. The fourth-order valence-corrected chi connectivity index (χ4v) is 3.30. The van der Waals surface area contributed by atoms with E-state index in [1.54, 1.807) is 11.7 Å². The molecular weight excluding hydrogens is 328 g/mol. The molecule has 3 aromatic rings. The van der Waals surface area contributed by atoms with E-state index in [4.69, 9.17) is 9.72 Å². The Morgan fingerprint density at radius 3 is 2.35 bits per heavy atom. The zero-order valence-electron chi connectivity index (χ0n) is 15.1. The zero-order valence-corrected chi connectivity index (χ0v) is 15.1. The third-order valence-electron chi connectivity index (χ3n) is 4.87. The molecule has 4 rings (SSSR count). The van der Waals surface area contributed by atoms with Crippen molar-refractivity contribution < 1.29 is 4.74 Å². The van der Waals surface area contributed by atoms with Crippen LogP contribution in [-0.4, -0.2) is 54.8 Å². The average Bonchev–Trinajstić information content (AvgIpc) is 2.69. The topological polar surface area (TPSA) is 50.6 Å². The number of nitrogens with zero attached hydrogens (tertiary/aromatic N) is 4. The summed E-state index contributed by atoms with van der Waals surface area (Å²) < 4.78 is 6.96. The van der Waals surface area contributed by atoms with Crippen LogP contribution >= 0.6 is 0 Å². The van der Waals surface area contributed by atoms with Gasteiger partial charge in [0.1, 0.15) is 5.75 Å². The van der Waals surface area contributed by atoms with Gasteiger partial charge in [-0.1, -0.05) is 12.1 Å². The molecule has 0 aliphatic carbocycles. The van der Waals surface area contributed by atoms with Crippen molar-refractivity contribution in [1.82, 2.24) is 14.5 Å². The van der Waals surface area contributed by atoms with E-state index in [1.165, 1.54) is 0 Å². The predicted octanol–water partition coefficient (Wildman–Crippen LogP) is 2.15. The maximum atomic E-state index is 13.3. The van der Waals surface area contributed by atoms with Crippen molar-refractivity contribution in [3.8, 4) is 11.4 Å². The molecule has 0 N–H and O–H groups in total. The lowest BCUT2D eigenvalue weighted by atomic mass is 10.2. The molecule has 0 amide bonds. The Morgan fingerprint density at radius 2 is 1.65 bits per heavy atom. The SMILES string of the molecule is COc1ccc(-n2c(N3CCN(C)CC3)nc3ccccc3c2=O)cc1. The van der Waals surface area contributed by atoms with E-state index in [9.17, 15) is 4.79 Å². The van der Waals surface area contributed by atoms with Crippen LogP contribution in [0.3, 0.4) is 0 Å². The van der Waals surface area contributed by atoms with Crippen molar-refractivity contribution in [3.05, 3.63) is 58.9 Å². The molecular formula is C20H22N4O2. The van der Waals surface area contributed by atoms with Gasteiger partial charge in [0.15, 0.2) is 0 Å². The number of methoxy groups -OCH3 is 1. The number of aromatic nitrogens is 2. The smallest absolute Gasteiger partial charge is 0.267 e. The van der Waals surface area contributed by atoms with E-state index in [0.29, 0.717) is 11.3 Å². The minimum Gasteiger partial charge on any atom is -0.497 e. The molecule has 1 aromatic heterocycles. The number of anilines is 1. The van der Waals surface area contributed by atoms with Crippen LogP contribution in [0.25, 0.3) is 16.6 Å². The highest BCUT2D eigenvalue weighted by molar-refractivity contribution is 5.79. The van der Waals surface area contributed by atoms with E-state index >= 15 is 0 Å². The third kappa shape index (κ3) is 2.93. The molecule has 0 bridgehead atoms. The minimum absolute atomic E-state index is 0.0466. The lowest BCUT2D eigenvalue weighted by Crippen LogP contribution is -2.46. The van der Waals surface area contributed by atoms with Crippen molar-refractivity contribution in [2.45, 2.75) is 0 Å². The third-order valence-corrected chi connectivity index (χ3v) is 4.87. The van der Waals surface area contributed by atoms with Crippen LogP contribution in [0.2, 0.25) is 0 Å². The molecule has 26 heavy (non-hydrogen) atoms. The van der Waals surface area contributed by atoms with Gasteiger partial charge in [-0.25, -0.2) is 9.55 Å². The Balaban J connectivity index is 1.91. The van der Waals surface area contributed by atoms with Crippen LogP contribution in [0, 0.1) is 0 Å². The molecule has 2 aromatic carbocycles. The average molecular weight is 350 g/mol. The van der Waals surface area contributed by atoms with Gasteiger partial charge in [-0.2, -0.15) is 0 Å². The molecule has 1 saturated heterocycles. The molecule has 0 unspecified atom stereocenters.